The smallest absolute Gasteiger partial charge is 0.379 e. The lowest BCUT2D eigenvalue weighted by Gasteiger charge is -2.07. The summed E-state index contributed by atoms with van der Waals surface area (Å²) in [5.74, 6) is -1.94. The van der Waals surface area contributed by atoms with Crippen LogP contribution in [0.2, 0.25) is 0 Å². The van der Waals surface area contributed by atoms with E-state index in [-0.39, 0.29) is 10.5 Å². The number of para-hydroxylation sites is 1. The number of hydrogen-bond acceptors (Lipinski definition) is 5. The van der Waals surface area contributed by atoms with Crippen molar-refractivity contribution in [2.24, 2.45) is 0 Å². The standard InChI is InChI=1S/C18H15NO5S/c1-12-7-9-13(10-8-12)25(22,23)19-11-15(17(20)18(21)24-2)14-5-3-4-6-16(14)19/h3-11H,1-2H3. The number of ketones is 1. The molecule has 128 valence electrons. The first-order valence-electron chi connectivity index (χ1n) is 7.41. The normalized spacial score (nSPS) is 11.4. The third-order valence-corrected chi connectivity index (χ3v) is 5.56. The Hall–Kier alpha value is -2.93. The average molecular weight is 357 g/mol. The van der Waals surface area contributed by atoms with Gasteiger partial charge in [-0.15, -0.1) is 0 Å². The SMILES string of the molecule is COC(=O)C(=O)c1cn(S(=O)(=O)c2ccc(C)cc2)c2ccccc12. The molecule has 3 rings (SSSR count). The van der Waals surface area contributed by atoms with Crippen LogP contribution in [0.25, 0.3) is 10.9 Å². The van der Waals surface area contributed by atoms with Crippen LogP contribution in [0, 0.1) is 6.92 Å². The molecule has 7 heteroatoms. The van der Waals surface area contributed by atoms with Crippen LogP contribution in [-0.4, -0.2) is 31.3 Å². The predicted octanol–water partition coefficient (Wildman–Crippen LogP) is 2.54. The van der Waals surface area contributed by atoms with E-state index in [0.29, 0.717) is 10.9 Å². The molecule has 0 saturated carbocycles. The van der Waals surface area contributed by atoms with Crippen LogP contribution >= 0.6 is 0 Å². The fourth-order valence-corrected chi connectivity index (χ4v) is 3.93. The van der Waals surface area contributed by atoms with Gasteiger partial charge in [0.1, 0.15) is 0 Å². The zero-order valence-electron chi connectivity index (χ0n) is 13.6. The van der Waals surface area contributed by atoms with E-state index >= 15 is 0 Å². The largest absolute Gasteiger partial charge is 0.463 e. The first-order chi connectivity index (χ1) is 11.9. The van der Waals surface area contributed by atoms with Crippen molar-refractivity contribution in [2.45, 2.75) is 11.8 Å². The predicted molar refractivity (Wildman–Crippen MR) is 92.0 cm³/mol. The molecular weight excluding hydrogens is 342 g/mol. The maximum atomic E-state index is 13.0. The lowest BCUT2D eigenvalue weighted by Crippen LogP contribution is -2.16. The number of rotatable bonds is 4. The molecule has 0 N–H and O–H groups in total. The van der Waals surface area contributed by atoms with Gasteiger partial charge in [0.2, 0.25) is 0 Å². The van der Waals surface area contributed by atoms with Crippen molar-refractivity contribution in [3.05, 3.63) is 65.9 Å². The second-order valence-corrected chi connectivity index (χ2v) is 7.31. The Morgan fingerprint density at radius 1 is 1.00 bits per heavy atom. The van der Waals surface area contributed by atoms with Crippen LogP contribution in [0.4, 0.5) is 0 Å². The second kappa shape index (κ2) is 6.18. The fourth-order valence-electron chi connectivity index (χ4n) is 2.56. The molecule has 0 saturated heterocycles. The Labute approximate surface area is 144 Å². The van der Waals surface area contributed by atoms with Crippen molar-refractivity contribution in [3.8, 4) is 0 Å². The highest BCUT2D eigenvalue weighted by Gasteiger charge is 2.26. The minimum Gasteiger partial charge on any atom is -0.463 e. The van der Waals surface area contributed by atoms with E-state index < -0.39 is 21.8 Å². The number of carbonyl (C=O) groups excluding carboxylic acids is 2. The molecule has 1 heterocycles. The van der Waals surface area contributed by atoms with Crippen LogP contribution < -0.4 is 0 Å². The molecule has 25 heavy (non-hydrogen) atoms. The molecule has 0 aliphatic heterocycles. The highest BCUT2D eigenvalue weighted by atomic mass is 32.2. The minimum absolute atomic E-state index is 0.0156. The average Bonchev–Trinajstić information content (AvgIpc) is 3.01. The quantitative estimate of drug-likeness (QED) is 0.407. The number of hydrogen-bond donors (Lipinski definition) is 0. The summed E-state index contributed by atoms with van der Waals surface area (Å²) in [6.07, 6.45) is 1.17. The number of aromatic nitrogens is 1. The number of benzene rings is 2. The Balaban J connectivity index is 2.25. The highest BCUT2D eigenvalue weighted by Crippen LogP contribution is 2.26. The summed E-state index contributed by atoms with van der Waals surface area (Å²) in [6, 6.07) is 12.9. The molecule has 0 radical (unpaired) electrons. The number of esters is 1. The molecule has 0 atom stereocenters. The van der Waals surface area contributed by atoms with E-state index in [4.69, 9.17) is 0 Å². The fraction of sp³-hybridized carbons (Fsp3) is 0.111. The molecule has 6 nitrogen and oxygen atoms in total. The van der Waals surface area contributed by atoms with Gasteiger partial charge in [0.15, 0.2) is 0 Å². The van der Waals surface area contributed by atoms with Crippen LogP contribution in [0.15, 0.2) is 59.6 Å². The number of ether oxygens (including phenoxy) is 1. The van der Waals surface area contributed by atoms with Crippen molar-refractivity contribution in [2.75, 3.05) is 7.11 Å². The van der Waals surface area contributed by atoms with Gasteiger partial charge >= 0.3 is 5.97 Å². The zero-order chi connectivity index (χ0) is 18.2. The van der Waals surface area contributed by atoms with Gasteiger partial charge in [0.05, 0.1) is 23.1 Å². The molecule has 0 aliphatic carbocycles. The summed E-state index contributed by atoms with van der Waals surface area (Å²) >= 11 is 0. The van der Waals surface area contributed by atoms with Crippen molar-refractivity contribution in [1.29, 1.82) is 0 Å². The van der Waals surface area contributed by atoms with Crippen LogP contribution in [0.1, 0.15) is 15.9 Å². The Morgan fingerprint density at radius 2 is 1.64 bits per heavy atom. The van der Waals surface area contributed by atoms with Gasteiger partial charge in [-0.3, -0.25) is 4.79 Å². The molecule has 0 unspecified atom stereocenters. The molecule has 3 aromatic rings. The van der Waals surface area contributed by atoms with Crippen molar-refractivity contribution in [3.63, 3.8) is 0 Å². The van der Waals surface area contributed by atoms with E-state index in [1.807, 2.05) is 6.92 Å². The molecule has 0 bridgehead atoms. The summed E-state index contributed by atoms with van der Waals surface area (Å²) in [4.78, 5) is 23.9. The summed E-state index contributed by atoms with van der Waals surface area (Å²) in [6.45, 7) is 1.86. The maximum absolute atomic E-state index is 13.0. The van der Waals surface area contributed by atoms with E-state index in [2.05, 4.69) is 4.74 Å². The van der Waals surface area contributed by atoms with Gasteiger partial charge in [0, 0.05) is 11.6 Å². The maximum Gasteiger partial charge on any atom is 0.379 e. The van der Waals surface area contributed by atoms with E-state index in [9.17, 15) is 18.0 Å². The van der Waals surface area contributed by atoms with E-state index in [1.165, 1.54) is 18.3 Å². The number of aryl methyl sites for hydroxylation is 1. The van der Waals surface area contributed by atoms with Crippen molar-refractivity contribution in [1.82, 2.24) is 3.97 Å². The molecule has 0 aliphatic rings. The van der Waals surface area contributed by atoms with Gasteiger partial charge in [-0.1, -0.05) is 35.9 Å². The Morgan fingerprint density at radius 3 is 2.28 bits per heavy atom. The second-order valence-electron chi connectivity index (χ2n) is 5.49. The molecule has 2 aromatic carbocycles. The Bertz CT molecular complexity index is 1080. The summed E-state index contributed by atoms with van der Waals surface area (Å²) in [5.41, 5.74) is 1.23. The highest BCUT2D eigenvalue weighted by molar-refractivity contribution is 7.90. The van der Waals surface area contributed by atoms with Gasteiger partial charge < -0.3 is 4.74 Å². The Kier molecular flexibility index (Phi) is 4.18. The van der Waals surface area contributed by atoms with Crippen molar-refractivity contribution < 1.29 is 22.7 Å². The van der Waals surface area contributed by atoms with Crippen LogP contribution in [-0.2, 0) is 19.6 Å². The summed E-state index contributed by atoms with van der Waals surface area (Å²) in [7, 11) is -2.82. The minimum atomic E-state index is -3.92. The van der Waals surface area contributed by atoms with Gasteiger partial charge in [-0.05, 0) is 25.1 Å². The number of fused-ring (bicyclic) bond motifs is 1. The number of Topliss-reactive ketones (excluding diaryl/α,β-unsaturated/α-hetero) is 1. The lowest BCUT2D eigenvalue weighted by molar-refractivity contribution is -0.135. The third kappa shape index (κ3) is 2.83. The molecule has 1 aromatic heterocycles. The molecular formula is C18H15NO5S. The molecule has 0 fully saturated rings. The van der Waals surface area contributed by atoms with Gasteiger partial charge in [-0.2, -0.15) is 0 Å². The molecule has 0 amide bonds. The first kappa shape index (κ1) is 16.9. The topological polar surface area (TPSA) is 82.4 Å². The van der Waals surface area contributed by atoms with Crippen molar-refractivity contribution >= 4 is 32.7 Å². The van der Waals surface area contributed by atoms with Crippen LogP contribution in [0.3, 0.4) is 0 Å². The number of carbonyl (C=O) groups is 2. The summed E-state index contributed by atoms with van der Waals surface area (Å²) < 4.78 is 31.4. The lowest BCUT2D eigenvalue weighted by atomic mass is 10.1. The zero-order valence-corrected chi connectivity index (χ0v) is 14.4. The van der Waals surface area contributed by atoms with E-state index in [0.717, 1.165) is 16.6 Å². The van der Waals surface area contributed by atoms with Crippen LogP contribution in [0.5, 0.6) is 0 Å². The third-order valence-electron chi connectivity index (χ3n) is 3.87. The van der Waals surface area contributed by atoms with E-state index in [1.54, 1.807) is 36.4 Å². The number of methoxy groups -OCH3 is 1. The van der Waals surface area contributed by atoms with Gasteiger partial charge in [0.25, 0.3) is 15.8 Å². The first-order valence-corrected chi connectivity index (χ1v) is 8.85. The monoisotopic (exact) mass is 357 g/mol. The molecule has 0 spiro atoms. The van der Waals surface area contributed by atoms with Gasteiger partial charge in [-0.25, -0.2) is 17.2 Å². The number of nitrogens with zero attached hydrogens (tertiary/aromatic N) is 1. The summed E-state index contributed by atoms with van der Waals surface area (Å²) in [5, 5.41) is 0.369.